The molecule has 2 aliphatic rings. The maximum absolute atomic E-state index is 9.55. The van der Waals surface area contributed by atoms with Crippen LogP contribution in [0, 0.1) is 5.92 Å². The van der Waals surface area contributed by atoms with E-state index in [1.807, 2.05) is 12.1 Å². The Hall–Kier alpha value is -1.02. The summed E-state index contributed by atoms with van der Waals surface area (Å²) in [5.74, 6) is 2.50. The highest BCUT2D eigenvalue weighted by atomic mass is 16.3. The SMILES string of the molecule is CCC1c2ccc(O)cc2C2CNCC12. The lowest BCUT2D eigenvalue weighted by Gasteiger charge is -2.16. The lowest BCUT2D eigenvalue weighted by Crippen LogP contribution is -2.14. The second kappa shape index (κ2) is 3.24. The molecule has 1 saturated heterocycles. The Morgan fingerprint density at radius 3 is 3.00 bits per heavy atom. The summed E-state index contributed by atoms with van der Waals surface area (Å²) in [6.45, 7) is 4.48. The number of aromatic hydroxyl groups is 1. The lowest BCUT2D eigenvalue weighted by molar-refractivity contribution is 0.450. The highest BCUT2D eigenvalue weighted by molar-refractivity contribution is 5.45. The molecule has 2 heteroatoms. The third-order valence-corrected chi connectivity index (χ3v) is 4.09. The van der Waals surface area contributed by atoms with E-state index in [0.29, 0.717) is 17.6 Å². The lowest BCUT2D eigenvalue weighted by atomic mass is 9.88. The molecule has 2 N–H and O–H groups in total. The van der Waals surface area contributed by atoms with Crippen molar-refractivity contribution in [1.82, 2.24) is 5.32 Å². The first-order valence-corrected chi connectivity index (χ1v) is 5.84. The largest absolute Gasteiger partial charge is 0.508 e. The molecule has 15 heavy (non-hydrogen) atoms. The van der Waals surface area contributed by atoms with Gasteiger partial charge in [-0.25, -0.2) is 0 Å². The van der Waals surface area contributed by atoms with Crippen molar-refractivity contribution >= 4 is 0 Å². The second-order valence-electron chi connectivity index (χ2n) is 4.76. The molecular formula is C13H17NO. The van der Waals surface area contributed by atoms with Gasteiger partial charge in [-0.1, -0.05) is 13.0 Å². The average Bonchev–Trinajstić information content (AvgIpc) is 2.77. The standard InChI is InChI=1S/C13H17NO/c1-2-9-10-4-3-8(15)5-11(10)13-7-14-6-12(9)13/h3-5,9,12-15H,2,6-7H2,1H3. The van der Waals surface area contributed by atoms with Gasteiger partial charge in [0.2, 0.25) is 0 Å². The summed E-state index contributed by atoms with van der Waals surface area (Å²) in [4.78, 5) is 0. The highest BCUT2D eigenvalue weighted by Crippen LogP contribution is 2.50. The summed E-state index contributed by atoms with van der Waals surface area (Å²) in [5, 5.41) is 13.0. The fourth-order valence-electron chi connectivity index (χ4n) is 3.44. The Balaban J connectivity index is 2.10. The van der Waals surface area contributed by atoms with E-state index in [1.54, 1.807) is 0 Å². The van der Waals surface area contributed by atoms with Crippen molar-refractivity contribution in [2.24, 2.45) is 5.92 Å². The van der Waals surface area contributed by atoms with Gasteiger partial charge in [0, 0.05) is 12.5 Å². The second-order valence-corrected chi connectivity index (χ2v) is 4.76. The molecule has 1 aromatic rings. The summed E-state index contributed by atoms with van der Waals surface area (Å²) in [7, 11) is 0. The monoisotopic (exact) mass is 203 g/mol. The van der Waals surface area contributed by atoms with Crippen LogP contribution in [0.3, 0.4) is 0 Å². The summed E-state index contributed by atoms with van der Waals surface area (Å²) in [6, 6.07) is 5.92. The minimum absolute atomic E-state index is 0.413. The molecule has 3 rings (SSSR count). The van der Waals surface area contributed by atoms with E-state index in [-0.39, 0.29) is 0 Å². The zero-order valence-corrected chi connectivity index (χ0v) is 9.03. The van der Waals surface area contributed by atoms with Crippen LogP contribution in [0.2, 0.25) is 0 Å². The zero-order chi connectivity index (χ0) is 10.4. The predicted octanol–water partition coefficient (Wildman–Crippen LogP) is 2.20. The molecule has 0 amide bonds. The molecule has 0 radical (unpaired) electrons. The fraction of sp³-hybridized carbons (Fsp3) is 0.538. The van der Waals surface area contributed by atoms with Crippen molar-refractivity contribution in [1.29, 1.82) is 0 Å². The molecule has 1 aliphatic heterocycles. The smallest absolute Gasteiger partial charge is 0.115 e. The quantitative estimate of drug-likeness (QED) is 0.733. The molecule has 3 atom stereocenters. The number of phenols is 1. The number of hydrogen-bond acceptors (Lipinski definition) is 2. The van der Waals surface area contributed by atoms with Crippen LogP contribution in [-0.4, -0.2) is 18.2 Å². The van der Waals surface area contributed by atoms with Crippen molar-refractivity contribution < 1.29 is 5.11 Å². The minimum Gasteiger partial charge on any atom is -0.508 e. The van der Waals surface area contributed by atoms with Crippen molar-refractivity contribution in [2.45, 2.75) is 25.2 Å². The normalized spacial score (nSPS) is 32.7. The number of rotatable bonds is 1. The highest BCUT2D eigenvalue weighted by Gasteiger charge is 2.42. The molecule has 0 saturated carbocycles. The van der Waals surface area contributed by atoms with Crippen molar-refractivity contribution in [3.8, 4) is 5.75 Å². The molecule has 1 fully saturated rings. The van der Waals surface area contributed by atoms with E-state index in [4.69, 9.17) is 0 Å². The molecule has 0 spiro atoms. The van der Waals surface area contributed by atoms with Gasteiger partial charge in [-0.3, -0.25) is 0 Å². The summed E-state index contributed by atoms with van der Waals surface area (Å²) in [5.41, 5.74) is 2.86. The molecule has 3 unspecified atom stereocenters. The summed E-state index contributed by atoms with van der Waals surface area (Å²) < 4.78 is 0. The van der Waals surface area contributed by atoms with Gasteiger partial charge >= 0.3 is 0 Å². The first kappa shape index (κ1) is 9.22. The van der Waals surface area contributed by atoms with Crippen LogP contribution in [-0.2, 0) is 0 Å². The van der Waals surface area contributed by atoms with Gasteiger partial charge in [0.05, 0.1) is 0 Å². The van der Waals surface area contributed by atoms with Crippen LogP contribution in [0.4, 0.5) is 0 Å². The maximum atomic E-state index is 9.55. The number of hydrogen-bond donors (Lipinski definition) is 2. The zero-order valence-electron chi connectivity index (χ0n) is 9.03. The Kier molecular flexibility index (Phi) is 1.99. The Morgan fingerprint density at radius 1 is 1.33 bits per heavy atom. The Labute approximate surface area is 90.3 Å². The number of nitrogens with one attached hydrogen (secondary N) is 1. The van der Waals surface area contributed by atoms with Gasteiger partial charge in [0.15, 0.2) is 0 Å². The van der Waals surface area contributed by atoms with Crippen LogP contribution in [0.1, 0.15) is 36.3 Å². The summed E-state index contributed by atoms with van der Waals surface area (Å²) >= 11 is 0. The number of phenolic OH excluding ortho intramolecular Hbond substituents is 1. The number of fused-ring (bicyclic) bond motifs is 3. The first-order valence-electron chi connectivity index (χ1n) is 5.84. The van der Waals surface area contributed by atoms with Gasteiger partial charge in [-0.15, -0.1) is 0 Å². The van der Waals surface area contributed by atoms with E-state index in [2.05, 4.69) is 18.3 Å². The molecular weight excluding hydrogens is 186 g/mol. The third kappa shape index (κ3) is 1.21. The van der Waals surface area contributed by atoms with Crippen LogP contribution >= 0.6 is 0 Å². The van der Waals surface area contributed by atoms with Crippen molar-refractivity contribution in [3.05, 3.63) is 29.3 Å². The first-order chi connectivity index (χ1) is 7.31. The average molecular weight is 203 g/mol. The van der Waals surface area contributed by atoms with E-state index in [9.17, 15) is 5.11 Å². The molecule has 80 valence electrons. The van der Waals surface area contributed by atoms with Gasteiger partial charge in [-0.2, -0.15) is 0 Å². The van der Waals surface area contributed by atoms with Gasteiger partial charge < -0.3 is 10.4 Å². The van der Waals surface area contributed by atoms with Crippen LogP contribution in [0.5, 0.6) is 5.75 Å². The Bertz CT molecular complexity index is 388. The van der Waals surface area contributed by atoms with E-state index >= 15 is 0 Å². The van der Waals surface area contributed by atoms with Crippen LogP contribution in [0.25, 0.3) is 0 Å². The fourth-order valence-corrected chi connectivity index (χ4v) is 3.44. The molecule has 2 nitrogen and oxygen atoms in total. The van der Waals surface area contributed by atoms with Gasteiger partial charge in [0.25, 0.3) is 0 Å². The minimum atomic E-state index is 0.413. The number of benzene rings is 1. The van der Waals surface area contributed by atoms with Crippen LogP contribution in [0.15, 0.2) is 18.2 Å². The third-order valence-electron chi connectivity index (χ3n) is 4.09. The molecule has 1 aromatic carbocycles. The van der Waals surface area contributed by atoms with Crippen molar-refractivity contribution in [3.63, 3.8) is 0 Å². The van der Waals surface area contributed by atoms with E-state index in [0.717, 1.165) is 19.0 Å². The van der Waals surface area contributed by atoms with E-state index < -0.39 is 0 Å². The van der Waals surface area contributed by atoms with Gasteiger partial charge in [0.1, 0.15) is 5.75 Å². The topological polar surface area (TPSA) is 32.3 Å². The Morgan fingerprint density at radius 2 is 2.20 bits per heavy atom. The predicted molar refractivity (Wildman–Crippen MR) is 60.2 cm³/mol. The molecule has 1 heterocycles. The maximum Gasteiger partial charge on any atom is 0.115 e. The molecule has 1 aliphatic carbocycles. The van der Waals surface area contributed by atoms with Gasteiger partial charge in [-0.05, 0) is 48.1 Å². The summed E-state index contributed by atoms with van der Waals surface area (Å²) in [6.07, 6.45) is 1.21. The molecule has 0 bridgehead atoms. The van der Waals surface area contributed by atoms with Crippen molar-refractivity contribution in [2.75, 3.05) is 13.1 Å². The van der Waals surface area contributed by atoms with Crippen LogP contribution < -0.4 is 5.32 Å². The van der Waals surface area contributed by atoms with E-state index in [1.165, 1.54) is 17.5 Å². The molecule has 0 aromatic heterocycles.